The molecule has 0 radical (unpaired) electrons. The van der Waals surface area contributed by atoms with E-state index in [1.165, 1.54) is 69.6 Å². The molecule has 4 aromatic rings. The van der Waals surface area contributed by atoms with Crippen LogP contribution < -0.4 is 20.9 Å². The number of hydrogen-bond acceptors (Lipinski definition) is 19. The van der Waals surface area contributed by atoms with E-state index < -0.39 is 11.7 Å². The first-order valence-electron chi connectivity index (χ1n) is 34.1. The van der Waals surface area contributed by atoms with Gasteiger partial charge in [0, 0.05) is 99.1 Å². The summed E-state index contributed by atoms with van der Waals surface area (Å²) in [6.07, 6.45) is 12.6. The number of nitrogens with zero attached hydrogens (tertiary/aromatic N) is 5. The van der Waals surface area contributed by atoms with Gasteiger partial charge in [0.05, 0.1) is 82.3 Å². The van der Waals surface area contributed by atoms with Gasteiger partial charge in [-0.2, -0.15) is 0 Å². The van der Waals surface area contributed by atoms with Crippen molar-refractivity contribution in [1.82, 2.24) is 25.2 Å². The van der Waals surface area contributed by atoms with E-state index in [2.05, 4.69) is 152 Å². The molecule has 1 aliphatic rings. The molecule has 1 saturated heterocycles. The zero-order chi connectivity index (χ0) is 74.0. The highest BCUT2D eigenvalue weighted by Crippen LogP contribution is 2.28. The van der Waals surface area contributed by atoms with Gasteiger partial charge in [-0.1, -0.05) is 206 Å². The molecule has 0 atom stereocenters. The summed E-state index contributed by atoms with van der Waals surface area (Å²) in [5, 5.41) is 29.0. The molecule has 0 saturated carbocycles. The molecular formula is C72H143ClN8O12S. The lowest BCUT2D eigenvalue weighted by molar-refractivity contribution is -0.105. The zero-order valence-electron chi connectivity index (χ0n) is 64.7. The van der Waals surface area contributed by atoms with Crippen molar-refractivity contribution in [2.24, 2.45) is 0 Å². The number of rotatable bonds is 25. The minimum atomic E-state index is -0.487. The number of amides is 2. The Kier molecular flexibility index (Phi) is 106. The van der Waals surface area contributed by atoms with Gasteiger partial charge in [-0.15, -0.1) is 11.3 Å². The number of benzene rings is 2. The predicted molar refractivity (Wildman–Crippen MR) is 405 cm³/mol. The molecule has 2 aromatic carbocycles. The number of phenols is 2. The Hall–Kier alpha value is -4.78. The van der Waals surface area contributed by atoms with Crippen LogP contribution in [0.2, 0.25) is 5.02 Å². The second-order valence-electron chi connectivity index (χ2n) is 19.5. The Bertz CT molecular complexity index is 2030. The molecule has 94 heavy (non-hydrogen) atoms. The number of phenolic OH excluding ortho intramolecular Hbond substituents is 2. The maximum atomic E-state index is 12.0. The average Bonchev–Trinajstić information content (AvgIpc) is 1.13. The summed E-state index contributed by atoms with van der Waals surface area (Å²) in [6, 6.07) is 11.7. The number of unbranched alkanes of at least 4 members (excludes halogenated alkanes) is 1. The number of halogens is 1. The number of nitrogens with one attached hydrogen (secondary N) is 3. The van der Waals surface area contributed by atoms with Crippen LogP contribution in [-0.4, -0.2) is 190 Å². The second kappa shape index (κ2) is 92.4. The van der Waals surface area contributed by atoms with Crippen molar-refractivity contribution in [3.8, 4) is 11.5 Å². The molecule has 5 N–H and O–H groups in total. The number of anilines is 4. The summed E-state index contributed by atoms with van der Waals surface area (Å²) in [6.45, 7) is 53.2. The van der Waals surface area contributed by atoms with Crippen molar-refractivity contribution in [2.45, 2.75) is 197 Å². The zero-order valence-corrected chi connectivity index (χ0v) is 66.2. The highest BCUT2D eigenvalue weighted by molar-refractivity contribution is 7.15. The van der Waals surface area contributed by atoms with E-state index in [9.17, 15) is 19.8 Å². The number of ether oxygens (including phenoxy) is 8. The van der Waals surface area contributed by atoms with Crippen molar-refractivity contribution in [2.75, 3.05) is 164 Å². The lowest BCUT2D eigenvalue weighted by atomic mass is 10.1. The molecule has 2 amide bonds. The van der Waals surface area contributed by atoms with Gasteiger partial charge in [0.25, 0.3) is 5.91 Å². The van der Waals surface area contributed by atoms with Gasteiger partial charge in [-0.3, -0.25) is 14.5 Å². The van der Waals surface area contributed by atoms with Gasteiger partial charge in [0.2, 0.25) is 6.41 Å². The van der Waals surface area contributed by atoms with Gasteiger partial charge < -0.3 is 69.0 Å². The Balaban J connectivity index is -0.000000181. The summed E-state index contributed by atoms with van der Waals surface area (Å²) in [4.78, 5) is 41.5. The fourth-order valence-corrected chi connectivity index (χ4v) is 6.54. The summed E-state index contributed by atoms with van der Waals surface area (Å²) in [5.41, 5.74) is 1.66. The summed E-state index contributed by atoms with van der Waals surface area (Å²) in [5.74, 6) is 1.16. The van der Waals surface area contributed by atoms with Crippen LogP contribution in [0, 0.1) is 20.8 Å². The SMILES string of the molecule is CC.CC.CCC.CCC.CCC.CCC.CCC.CCC.CCCC.COC.COC.COC.Cc1cccc(Cl)c1NC=O.Cc1nc(Nc2ncc(C)s2)cc(N2CCN(CCOCCOCCOCCOCCOCCNC(=O)c3cccc(O)c3O)CC2)n1. The maximum absolute atomic E-state index is 12.0. The van der Waals surface area contributed by atoms with Crippen molar-refractivity contribution >= 4 is 57.7 Å². The van der Waals surface area contributed by atoms with E-state index in [-0.39, 0.29) is 17.9 Å². The van der Waals surface area contributed by atoms with E-state index in [1.54, 1.807) is 60.1 Å². The third kappa shape index (κ3) is 77.9. The Morgan fingerprint density at radius 2 is 1.00 bits per heavy atom. The molecule has 3 heterocycles. The van der Waals surface area contributed by atoms with Crippen LogP contribution in [0.25, 0.3) is 0 Å². The maximum Gasteiger partial charge on any atom is 0.255 e. The number of carbonyl (C=O) groups excluding carboxylic acids is 2. The number of aromatic hydroxyl groups is 2. The molecular weight excluding hydrogens is 1240 g/mol. The third-order valence-electron chi connectivity index (χ3n) is 9.13. The monoisotopic (exact) mass is 1380 g/mol. The smallest absolute Gasteiger partial charge is 0.255 e. The van der Waals surface area contributed by atoms with Crippen LogP contribution in [0.1, 0.15) is 203 Å². The van der Waals surface area contributed by atoms with E-state index in [0.717, 1.165) is 65.8 Å². The summed E-state index contributed by atoms with van der Waals surface area (Å²) < 4.78 is 40.5. The lowest BCUT2D eigenvalue weighted by Crippen LogP contribution is -2.47. The quantitative estimate of drug-likeness (QED) is 0.0236. The Labute approximate surface area is 585 Å². The predicted octanol–water partition coefficient (Wildman–Crippen LogP) is 17.7. The fourth-order valence-electron chi connectivity index (χ4n) is 5.60. The van der Waals surface area contributed by atoms with E-state index in [1.807, 2.05) is 72.9 Å². The van der Waals surface area contributed by atoms with Crippen LogP contribution in [0.15, 0.2) is 48.7 Å². The van der Waals surface area contributed by atoms with Crippen LogP contribution in [0.5, 0.6) is 11.5 Å². The molecule has 0 aliphatic carbocycles. The molecule has 5 rings (SSSR count). The first-order valence-corrected chi connectivity index (χ1v) is 35.3. The number of aryl methyl sites for hydroxylation is 3. The fraction of sp³-hybridized carbons (Fsp3) is 0.708. The normalized spacial score (nSPS) is 10.2. The summed E-state index contributed by atoms with van der Waals surface area (Å²) >= 11 is 7.39. The highest BCUT2D eigenvalue weighted by atomic mass is 35.5. The number of para-hydroxylation sites is 2. The van der Waals surface area contributed by atoms with E-state index in [0.29, 0.717) is 83.2 Å². The number of carbonyl (C=O) groups is 2. The van der Waals surface area contributed by atoms with Crippen LogP contribution >= 0.6 is 22.9 Å². The van der Waals surface area contributed by atoms with Gasteiger partial charge in [-0.25, -0.2) is 15.0 Å². The van der Waals surface area contributed by atoms with Gasteiger partial charge in [0.1, 0.15) is 17.5 Å². The van der Waals surface area contributed by atoms with E-state index >= 15 is 0 Å². The lowest BCUT2D eigenvalue weighted by Gasteiger charge is -2.35. The third-order valence-corrected chi connectivity index (χ3v) is 10.3. The highest BCUT2D eigenvalue weighted by Gasteiger charge is 2.19. The van der Waals surface area contributed by atoms with Crippen LogP contribution in [0.3, 0.4) is 0 Å². The molecule has 1 aliphatic heterocycles. The Morgan fingerprint density at radius 3 is 1.38 bits per heavy atom. The molecule has 0 spiro atoms. The molecule has 0 unspecified atom stereocenters. The topological polar surface area (TPSA) is 230 Å². The number of thiazole rings is 1. The number of aromatic nitrogens is 3. The summed E-state index contributed by atoms with van der Waals surface area (Å²) in [7, 11) is 9.75. The van der Waals surface area contributed by atoms with Gasteiger partial charge >= 0.3 is 0 Å². The van der Waals surface area contributed by atoms with Crippen molar-refractivity contribution in [3.63, 3.8) is 0 Å². The Morgan fingerprint density at radius 1 is 0.596 bits per heavy atom. The molecule has 2 aromatic heterocycles. The van der Waals surface area contributed by atoms with Crippen molar-refractivity contribution in [1.29, 1.82) is 0 Å². The standard InChI is InChI=1S/C32H47N7O8S.C8H8ClNO.C4H10.6C3H8.3C2H6O.2C2H6/c1-24-23-34-32(48-24)37-28-22-29(36-25(2)35-28)39-9-7-38(8-10-39)11-13-44-15-17-46-19-21-47-20-18-45-16-14-43-12-6-33-31(42)26-4-3-5-27(40)30(26)41;1-6-3-2-4-7(9)8(6)10-5-11;1-3-4-2;9*1-3-2;2*1-2/h3-5,22-23,40-41H,6-21H2,1-2H3,(H,33,42)(H,34,35,36,37);2-5H,1H3,(H,10,11);3-4H2,1-2H3;6*3H2,1-2H3;3*1-2H3;2*1-2H3. The van der Waals surface area contributed by atoms with Crippen molar-refractivity contribution < 1.29 is 57.7 Å². The molecule has 22 heteroatoms. The molecule has 20 nitrogen and oxygen atoms in total. The molecule has 1 fully saturated rings. The van der Waals surface area contributed by atoms with Gasteiger partial charge in [-0.05, 0) is 44.5 Å². The first kappa shape index (κ1) is 108. The van der Waals surface area contributed by atoms with Gasteiger partial charge in [0.15, 0.2) is 16.6 Å². The van der Waals surface area contributed by atoms with E-state index in [4.69, 9.17) is 35.3 Å². The molecule has 0 bridgehead atoms. The number of methoxy groups -OCH3 is 3. The minimum absolute atomic E-state index is 0.00993. The molecule has 556 valence electrons. The minimum Gasteiger partial charge on any atom is -0.504 e. The number of piperazine rings is 1. The van der Waals surface area contributed by atoms with Crippen LogP contribution in [0.4, 0.5) is 22.5 Å². The van der Waals surface area contributed by atoms with Crippen LogP contribution in [-0.2, 0) is 42.7 Å². The first-order chi connectivity index (χ1) is 45.3. The second-order valence-corrected chi connectivity index (χ2v) is 21.2. The number of hydrogen-bond donors (Lipinski definition) is 5. The van der Waals surface area contributed by atoms with Crippen molar-refractivity contribution in [3.05, 3.63) is 75.5 Å². The average molecular weight is 1380 g/mol. The largest absolute Gasteiger partial charge is 0.504 e.